The van der Waals surface area contributed by atoms with Crippen LogP contribution >= 0.6 is 0 Å². The maximum atomic E-state index is 9.13. The molecule has 0 spiro atoms. The van der Waals surface area contributed by atoms with Crippen molar-refractivity contribution in [1.29, 1.82) is 0 Å². The molecule has 0 aliphatic carbocycles. The van der Waals surface area contributed by atoms with Crippen molar-refractivity contribution in [2.24, 2.45) is 0 Å². The molecule has 2 rings (SSSR count). The van der Waals surface area contributed by atoms with E-state index >= 15 is 0 Å². The highest BCUT2D eigenvalue weighted by Gasteiger charge is 2.22. The average molecular weight is 235 g/mol. The number of aliphatic hydroxyl groups excluding tert-OH is 1. The standard InChI is InChI=1S/C13H21N3O/c1-14-13-10-12(5-7-15-13)16-8-3-2-4-11(16)6-9-17/h5,7,10-11,17H,2-4,6,8-9H2,1H3,(H,14,15). The summed E-state index contributed by atoms with van der Waals surface area (Å²) in [5.41, 5.74) is 1.21. The van der Waals surface area contributed by atoms with E-state index < -0.39 is 0 Å². The van der Waals surface area contributed by atoms with Crippen molar-refractivity contribution in [2.75, 3.05) is 30.4 Å². The predicted molar refractivity (Wildman–Crippen MR) is 70.5 cm³/mol. The number of hydrogen-bond donors (Lipinski definition) is 2. The Morgan fingerprint density at radius 1 is 1.53 bits per heavy atom. The minimum atomic E-state index is 0.269. The molecular weight excluding hydrogens is 214 g/mol. The largest absolute Gasteiger partial charge is 0.396 e. The Bertz CT molecular complexity index is 354. The van der Waals surface area contributed by atoms with E-state index in [1.807, 2.05) is 13.2 Å². The zero-order chi connectivity index (χ0) is 12.1. The van der Waals surface area contributed by atoms with E-state index in [1.54, 1.807) is 0 Å². The normalized spacial score (nSPS) is 20.4. The lowest BCUT2D eigenvalue weighted by Crippen LogP contribution is -2.40. The summed E-state index contributed by atoms with van der Waals surface area (Å²) < 4.78 is 0. The maximum Gasteiger partial charge on any atom is 0.127 e. The van der Waals surface area contributed by atoms with Gasteiger partial charge in [-0.15, -0.1) is 0 Å². The summed E-state index contributed by atoms with van der Waals surface area (Å²) in [6.07, 6.45) is 6.38. The lowest BCUT2D eigenvalue weighted by atomic mass is 9.99. The summed E-state index contributed by atoms with van der Waals surface area (Å²) in [6.45, 7) is 1.35. The van der Waals surface area contributed by atoms with Gasteiger partial charge < -0.3 is 15.3 Å². The van der Waals surface area contributed by atoms with E-state index in [2.05, 4.69) is 27.3 Å². The third-order valence-electron chi connectivity index (χ3n) is 3.42. The first-order valence-electron chi connectivity index (χ1n) is 6.36. The SMILES string of the molecule is CNc1cc(N2CCCCC2CCO)ccn1. The van der Waals surface area contributed by atoms with Gasteiger partial charge in [0.1, 0.15) is 5.82 Å². The number of aliphatic hydroxyl groups is 1. The van der Waals surface area contributed by atoms with Gasteiger partial charge in [-0.05, 0) is 31.7 Å². The predicted octanol–water partition coefficient (Wildman–Crippen LogP) is 1.86. The van der Waals surface area contributed by atoms with Crippen molar-refractivity contribution >= 4 is 11.5 Å². The van der Waals surface area contributed by atoms with Gasteiger partial charge in [0, 0.05) is 44.2 Å². The molecule has 1 aromatic heterocycles. The van der Waals surface area contributed by atoms with E-state index in [9.17, 15) is 0 Å². The Balaban J connectivity index is 2.16. The molecule has 4 nitrogen and oxygen atoms in total. The van der Waals surface area contributed by atoms with Crippen LogP contribution in [0.25, 0.3) is 0 Å². The molecular formula is C13H21N3O. The molecule has 2 N–H and O–H groups in total. The third kappa shape index (κ3) is 2.88. The zero-order valence-electron chi connectivity index (χ0n) is 10.4. The molecule has 0 radical (unpaired) electrons. The minimum absolute atomic E-state index is 0.269. The zero-order valence-corrected chi connectivity index (χ0v) is 10.4. The van der Waals surface area contributed by atoms with Crippen LogP contribution in [-0.2, 0) is 0 Å². The van der Waals surface area contributed by atoms with Gasteiger partial charge in [0.2, 0.25) is 0 Å². The highest BCUT2D eigenvalue weighted by atomic mass is 16.3. The third-order valence-corrected chi connectivity index (χ3v) is 3.42. The van der Waals surface area contributed by atoms with Crippen molar-refractivity contribution in [3.8, 4) is 0 Å². The van der Waals surface area contributed by atoms with E-state index in [-0.39, 0.29) is 6.61 Å². The van der Waals surface area contributed by atoms with Gasteiger partial charge in [-0.25, -0.2) is 4.98 Å². The second-order valence-corrected chi connectivity index (χ2v) is 4.50. The van der Waals surface area contributed by atoms with Crippen LogP contribution in [0.5, 0.6) is 0 Å². The summed E-state index contributed by atoms with van der Waals surface area (Å²) in [7, 11) is 1.88. The molecule has 1 unspecified atom stereocenters. The van der Waals surface area contributed by atoms with E-state index in [0.717, 1.165) is 18.8 Å². The van der Waals surface area contributed by atoms with Crippen LogP contribution in [0.15, 0.2) is 18.3 Å². The second kappa shape index (κ2) is 5.87. The number of anilines is 2. The van der Waals surface area contributed by atoms with Crippen molar-refractivity contribution in [2.45, 2.75) is 31.7 Å². The Kier molecular flexibility index (Phi) is 4.20. The monoisotopic (exact) mass is 235 g/mol. The van der Waals surface area contributed by atoms with Gasteiger partial charge in [0.05, 0.1) is 0 Å². The molecule has 1 aliphatic rings. The summed E-state index contributed by atoms with van der Waals surface area (Å²) in [5, 5.41) is 12.2. The van der Waals surface area contributed by atoms with Crippen molar-refractivity contribution in [1.82, 2.24) is 4.98 Å². The van der Waals surface area contributed by atoms with E-state index in [1.165, 1.54) is 24.9 Å². The first kappa shape index (κ1) is 12.2. The fourth-order valence-corrected chi connectivity index (χ4v) is 2.52. The molecule has 1 aromatic rings. The second-order valence-electron chi connectivity index (χ2n) is 4.50. The summed E-state index contributed by atoms with van der Waals surface area (Å²) in [5.74, 6) is 0.899. The first-order valence-corrected chi connectivity index (χ1v) is 6.36. The van der Waals surface area contributed by atoms with Gasteiger partial charge >= 0.3 is 0 Å². The molecule has 0 amide bonds. The van der Waals surface area contributed by atoms with E-state index in [0.29, 0.717) is 6.04 Å². The number of piperidine rings is 1. The lowest BCUT2D eigenvalue weighted by Gasteiger charge is -2.37. The molecule has 1 atom stereocenters. The van der Waals surface area contributed by atoms with Crippen molar-refractivity contribution < 1.29 is 5.11 Å². The van der Waals surface area contributed by atoms with E-state index in [4.69, 9.17) is 5.11 Å². The van der Waals surface area contributed by atoms with Crippen LogP contribution in [-0.4, -0.2) is 36.3 Å². The molecule has 1 aliphatic heterocycles. The van der Waals surface area contributed by atoms with Gasteiger partial charge in [-0.3, -0.25) is 0 Å². The van der Waals surface area contributed by atoms with Gasteiger partial charge in [0.25, 0.3) is 0 Å². The quantitative estimate of drug-likeness (QED) is 0.836. The van der Waals surface area contributed by atoms with Crippen LogP contribution in [0.2, 0.25) is 0 Å². The maximum absolute atomic E-state index is 9.13. The Hall–Kier alpha value is -1.29. The topological polar surface area (TPSA) is 48.4 Å². The number of hydrogen-bond acceptors (Lipinski definition) is 4. The number of rotatable bonds is 4. The Morgan fingerprint density at radius 3 is 3.18 bits per heavy atom. The van der Waals surface area contributed by atoms with Gasteiger partial charge in [0.15, 0.2) is 0 Å². The molecule has 1 saturated heterocycles. The molecule has 1 fully saturated rings. The van der Waals surface area contributed by atoms with Crippen LogP contribution in [0.3, 0.4) is 0 Å². The van der Waals surface area contributed by atoms with Crippen molar-refractivity contribution in [3.63, 3.8) is 0 Å². The van der Waals surface area contributed by atoms with Gasteiger partial charge in [-0.1, -0.05) is 0 Å². The van der Waals surface area contributed by atoms with Crippen molar-refractivity contribution in [3.05, 3.63) is 18.3 Å². The summed E-state index contributed by atoms with van der Waals surface area (Å²) in [6, 6.07) is 4.60. The molecule has 4 heteroatoms. The first-order chi connectivity index (χ1) is 8.35. The highest BCUT2D eigenvalue weighted by molar-refractivity contribution is 5.54. The number of nitrogens with one attached hydrogen (secondary N) is 1. The van der Waals surface area contributed by atoms with Crippen LogP contribution in [0.4, 0.5) is 11.5 Å². The molecule has 0 bridgehead atoms. The fraction of sp³-hybridized carbons (Fsp3) is 0.615. The van der Waals surface area contributed by atoms with Crippen LogP contribution in [0.1, 0.15) is 25.7 Å². The smallest absolute Gasteiger partial charge is 0.127 e. The number of pyridine rings is 1. The van der Waals surface area contributed by atoms with Gasteiger partial charge in [-0.2, -0.15) is 0 Å². The molecule has 17 heavy (non-hydrogen) atoms. The average Bonchev–Trinajstić information content (AvgIpc) is 2.40. The number of aromatic nitrogens is 1. The summed E-state index contributed by atoms with van der Waals surface area (Å²) in [4.78, 5) is 6.64. The highest BCUT2D eigenvalue weighted by Crippen LogP contribution is 2.27. The summed E-state index contributed by atoms with van der Waals surface area (Å²) >= 11 is 0. The molecule has 0 saturated carbocycles. The van der Waals surface area contributed by atoms with Crippen LogP contribution in [0, 0.1) is 0 Å². The molecule has 94 valence electrons. The number of nitrogens with zero attached hydrogens (tertiary/aromatic N) is 2. The lowest BCUT2D eigenvalue weighted by molar-refractivity contribution is 0.262. The fourth-order valence-electron chi connectivity index (χ4n) is 2.52. The minimum Gasteiger partial charge on any atom is -0.396 e. The Labute approximate surface area is 103 Å². The molecule has 2 heterocycles. The van der Waals surface area contributed by atoms with Crippen LogP contribution < -0.4 is 10.2 Å². The Morgan fingerprint density at radius 2 is 2.41 bits per heavy atom. The molecule has 0 aromatic carbocycles.